The number of rotatable bonds is 6. The van der Waals surface area contributed by atoms with Crippen molar-refractivity contribution in [3.05, 3.63) is 36.0 Å². The molecule has 8 nitrogen and oxygen atoms in total. The maximum absolute atomic E-state index is 10.5. The van der Waals surface area contributed by atoms with E-state index in [1.54, 1.807) is 6.20 Å². The van der Waals surface area contributed by atoms with Crippen molar-refractivity contribution in [2.75, 3.05) is 0 Å². The Morgan fingerprint density at radius 1 is 1.09 bits per heavy atom. The van der Waals surface area contributed by atoms with Gasteiger partial charge in [0.15, 0.2) is 0 Å². The predicted molar refractivity (Wildman–Crippen MR) is 82.1 cm³/mol. The van der Waals surface area contributed by atoms with Gasteiger partial charge in [-0.05, 0) is 18.1 Å². The average molecular weight is 322 g/mol. The van der Waals surface area contributed by atoms with Gasteiger partial charge >= 0.3 is 17.9 Å². The summed E-state index contributed by atoms with van der Waals surface area (Å²) in [6, 6.07) is 6.62. The van der Waals surface area contributed by atoms with E-state index in [1.165, 1.54) is 0 Å². The summed E-state index contributed by atoms with van der Waals surface area (Å²) in [4.78, 5) is 33.4. The van der Waals surface area contributed by atoms with Gasteiger partial charge in [0.05, 0.1) is 6.42 Å². The second-order valence-electron chi connectivity index (χ2n) is 4.81. The number of hydrogen-bond acceptors (Lipinski definition) is 4. The smallest absolute Gasteiger partial charge is 0.320 e. The number of aromatic amines is 1. The Balaban J connectivity index is 0.000000241. The molecule has 6 N–H and O–H groups in total. The van der Waals surface area contributed by atoms with E-state index in [0.717, 1.165) is 16.5 Å². The molecule has 23 heavy (non-hydrogen) atoms. The zero-order chi connectivity index (χ0) is 17.4. The van der Waals surface area contributed by atoms with E-state index in [2.05, 4.69) is 4.98 Å². The zero-order valence-electron chi connectivity index (χ0n) is 12.2. The third-order valence-corrected chi connectivity index (χ3v) is 3.00. The Morgan fingerprint density at radius 3 is 2.30 bits per heavy atom. The maximum atomic E-state index is 10.5. The Labute approximate surface area is 131 Å². The van der Waals surface area contributed by atoms with Gasteiger partial charge in [-0.2, -0.15) is 0 Å². The van der Waals surface area contributed by atoms with Crippen molar-refractivity contribution in [3.8, 4) is 0 Å². The fourth-order valence-electron chi connectivity index (χ4n) is 1.84. The second kappa shape index (κ2) is 8.54. The van der Waals surface area contributed by atoms with Crippen molar-refractivity contribution >= 4 is 28.8 Å². The highest BCUT2D eigenvalue weighted by Gasteiger charge is 2.12. The van der Waals surface area contributed by atoms with Crippen LogP contribution in [0.25, 0.3) is 10.9 Å². The van der Waals surface area contributed by atoms with Crippen molar-refractivity contribution in [2.24, 2.45) is 5.73 Å². The first-order chi connectivity index (χ1) is 10.8. The average Bonchev–Trinajstić information content (AvgIpc) is 2.88. The molecule has 0 unspecified atom stereocenters. The molecule has 124 valence electrons. The topological polar surface area (TPSA) is 154 Å². The second-order valence-corrected chi connectivity index (χ2v) is 4.81. The summed E-state index contributed by atoms with van der Waals surface area (Å²) in [5.74, 6) is -3.00. The van der Waals surface area contributed by atoms with Crippen molar-refractivity contribution in [2.45, 2.75) is 25.3 Å². The number of H-pyrrole nitrogens is 1. The first-order valence-corrected chi connectivity index (χ1v) is 6.78. The molecule has 1 aromatic carbocycles. The number of nitrogens with two attached hydrogens (primary N) is 1. The molecule has 0 radical (unpaired) electrons. The Hall–Kier alpha value is -2.87. The number of fused-ring (bicyclic) bond motifs is 1. The number of carboxylic acids is 3. The van der Waals surface area contributed by atoms with Crippen molar-refractivity contribution in [1.29, 1.82) is 0 Å². The van der Waals surface area contributed by atoms with Gasteiger partial charge in [-0.3, -0.25) is 14.4 Å². The van der Waals surface area contributed by atoms with E-state index in [-0.39, 0.29) is 19.3 Å². The van der Waals surface area contributed by atoms with Crippen LogP contribution in [0.3, 0.4) is 0 Å². The van der Waals surface area contributed by atoms with Gasteiger partial charge in [0.1, 0.15) is 6.04 Å². The maximum Gasteiger partial charge on any atom is 0.320 e. The summed E-state index contributed by atoms with van der Waals surface area (Å²) in [6.45, 7) is 0. The first kappa shape index (κ1) is 18.2. The predicted octanol–water partition coefficient (Wildman–Crippen LogP) is 1.06. The largest absolute Gasteiger partial charge is 0.481 e. The molecule has 0 amide bonds. The van der Waals surface area contributed by atoms with E-state index < -0.39 is 23.9 Å². The van der Waals surface area contributed by atoms with E-state index in [1.807, 2.05) is 24.3 Å². The number of carboxylic acid groups (broad SMARTS) is 3. The minimum atomic E-state index is -1.17. The molecule has 1 atom stereocenters. The molecule has 0 spiro atoms. The molecule has 0 aliphatic rings. The number of para-hydroxylation sites is 1. The standard InChI is InChI=1S/C10H9NO2.C5H9NO4/c12-10(13)5-7-6-11-9-4-2-1-3-8(7)9;6-3(5(9)10)1-2-4(7)8/h1-4,6,11H,5H2,(H,12,13);3H,1-2,6H2,(H,7,8)(H,9,10)/t;3-/m.0/s1. The summed E-state index contributed by atoms with van der Waals surface area (Å²) in [6.07, 6.45) is 1.60. The minimum Gasteiger partial charge on any atom is -0.481 e. The molecule has 1 aromatic heterocycles. The molecule has 1 heterocycles. The number of benzene rings is 1. The monoisotopic (exact) mass is 322 g/mol. The lowest BCUT2D eigenvalue weighted by Gasteiger charge is -2.01. The van der Waals surface area contributed by atoms with Crippen molar-refractivity contribution in [3.63, 3.8) is 0 Å². The molecule has 2 rings (SSSR count). The third kappa shape index (κ3) is 6.18. The number of aliphatic carboxylic acids is 3. The van der Waals surface area contributed by atoms with E-state index in [9.17, 15) is 14.4 Å². The molecular formula is C15H18N2O6. The van der Waals surface area contributed by atoms with E-state index >= 15 is 0 Å². The van der Waals surface area contributed by atoms with Gasteiger partial charge < -0.3 is 26.0 Å². The van der Waals surface area contributed by atoms with Crippen LogP contribution >= 0.6 is 0 Å². The highest BCUT2D eigenvalue weighted by Crippen LogP contribution is 2.17. The number of carbonyl (C=O) groups is 3. The van der Waals surface area contributed by atoms with Crippen LogP contribution in [0.4, 0.5) is 0 Å². The Kier molecular flexibility index (Phi) is 6.75. The molecule has 0 fully saturated rings. The van der Waals surface area contributed by atoms with Gasteiger partial charge in [0.2, 0.25) is 0 Å². The van der Waals surface area contributed by atoms with Crippen LogP contribution in [0.2, 0.25) is 0 Å². The van der Waals surface area contributed by atoms with Crippen molar-refractivity contribution < 1.29 is 29.7 Å². The SMILES string of the molecule is N[C@@H](CCC(=O)O)C(=O)O.O=C(O)Cc1c[nH]c2ccccc12. The van der Waals surface area contributed by atoms with Crippen LogP contribution in [-0.4, -0.2) is 44.3 Å². The molecule has 0 bridgehead atoms. The molecular weight excluding hydrogens is 304 g/mol. The lowest BCUT2D eigenvalue weighted by molar-refractivity contribution is -0.140. The first-order valence-electron chi connectivity index (χ1n) is 6.78. The van der Waals surface area contributed by atoms with Gasteiger partial charge in [-0.25, -0.2) is 0 Å². The number of nitrogens with one attached hydrogen (secondary N) is 1. The van der Waals surface area contributed by atoms with Crippen LogP contribution in [0.5, 0.6) is 0 Å². The van der Waals surface area contributed by atoms with E-state index in [4.69, 9.17) is 21.1 Å². The zero-order valence-corrected chi connectivity index (χ0v) is 12.2. The quantitative estimate of drug-likeness (QED) is 0.532. The van der Waals surface area contributed by atoms with E-state index in [0.29, 0.717) is 0 Å². The molecule has 0 saturated heterocycles. The molecule has 0 saturated carbocycles. The summed E-state index contributed by atoms with van der Waals surface area (Å²) in [7, 11) is 0. The molecule has 2 aromatic rings. The van der Waals surface area contributed by atoms with Gasteiger partial charge in [0, 0.05) is 23.5 Å². The van der Waals surface area contributed by atoms with Gasteiger partial charge in [0.25, 0.3) is 0 Å². The minimum absolute atomic E-state index is 0.0231. The summed E-state index contributed by atoms with van der Waals surface area (Å²) in [5.41, 5.74) is 6.82. The Morgan fingerprint density at radius 2 is 1.74 bits per heavy atom. The number of hydrogen-bond donors (Lipinski definition) is 5. The van der Waals surface area contributed by atoms with Crippen LogP contribution in [0, 0.1) is 0 Å². The molecule has 0 aliphatic heterocycles. The lowest BCUT2D eigenvalue weighted by atomic mass is 10.1. The number of aromatic nitrogens is 1. The summed E-state index contributed by atoms with van der Waals surface area (Å²) < 4.78 is 0. The fraction of sp³-hybridized carbons (Fsp3) is 0.267. The van der Waals surface area contributed by atoms with Crippen LogP contribution in [0.1, 0.15) is 18.4 Å². The van der Waals surface area contributed by atoms with Crippen molar-refractivity contribution in [1.82, 2.24) is 4.98 Å². The third-order valence-electron chi connectivity index (χ3n) is 3.00. The lowest BCUT2D eigenvalue weighted by Crippen LogP contribution is -2.30. The Bertz CT molecular complexity index is 694. The van der Waals surface area contributed by atoms with Gasteiger partial charge in [-0.1, -0.05) is 18.2 Å². The van der Waals surface area contributed by atoms with Gasteiger partial charge in [-0.15, -0.1) is 0 Å². The highest BCUT2D eigenvalue weighted by molar-refractivity contribution is 5.86. The highest BCUT2D eigenvalue weighted by atomic mass is 16.4. The van der Waals surface area contributed by atoms with Crippen LogP contribution < -0.4 is 5.73 Å². The fourth-order valence-corrected chi connectivity index (χ4v) is 1.84. The normalized spacial score (nSPS) is 11.3. The summed E-state index contributed by atoms with van der Waals surface area (Å²) >= 11 is 0. The van der Waals surface area contributed by atoms with Crippen LogP contribution in [0.15, 0.2) is 30.5 Å². The molecule has 8 heteroatoms. The molecule has 0 aliphatic carbocycles. The van der Waals surface area contributed by atoms with Crippen LogP contribution in [-0.2, 0) is 20.8 Å². The summed E-state index contributed by atoms with van der Waals surface area (Å²) in [5, 5.41) is 25.9.